The Balaban J connectivity index is 2.38. The van der Waals surface area contributed by atoms with E-state index in [9.17, 15) is 42.1 Å². The Labute approximate surface area is 179 Å². The number of nitrogens with two attached hydrogens (primary N) is 1. The maximum absolute atomic E-state index is 11.2. The first kappa shape index (κ1) is 27.1. The number of carboxylic acid groups (broad SMARTS) is 1. The van der Waals surface area contributed by atoms with E-state index in [-0.39, 0.29) is 0 Å². The van der Waals surface area contributed by atoms with Gasteiger partial charge in [-0.2, -0.15) is 16.8 Å². The average molecular weight is 515 g/mol. The van der Waals surface area contributed by atoms with E-state index < -0.39 is 94.7 Å². The van der Waals surface area contributed by atoms with Crippen molar-refractivity contribution in [3.05, 3.63) is 0 Å². The molecule has 0 amide bonds. The zero-order chi connectivity index (χ0) is 24.6. The van der Waals surface area contributed by atoms with Crippen LogP contribution in [-0.2, 0) is 48.2 Å². The molecule has 0 unspecified atom stereocenters. The van der Waals surface area contributed by atoms with Crippen molar-refractivity contribution in [3.63, 3.8) is 0 Å². The first-order valence-corrected chi connectivity index (χ1v) is 11.2. The van der Waals surface area contributed by atoms with Crippen molar-refractivity contribution >= 4 is 26.8 Å². The minimum Gasteiger partial charge on any atom is -0.479 e. The van der Waals surface area contributed by atoms with E-state index >= 15 is 0 Å². The quantitative estimate of drug-likeness (QED) is 0.140. The summed E-state index contributed by atoms with van der Waals surface area (Å²) in [6.07, 6.45) is -18.7. The van der Waals surface area contributed by atoms with Crippen LogP contribution in [0.3, 0.4) is 0 Å². The van der Waals surface area contributed by atoms with Gasteiger partial charge in [-0.15, -0.1) is 0 Å². The number of carboxylic acids is 1. The highest BCUT2D eigenvalue weighted by Gasteiger charge is 2.53. The van der Waals surface area contributed by atoms with Crippen molar-refractivity contribution in [3.8, 4) is 0 Å². The molecule has 9 N–H and O–H groups in total. The summed E-state index contributed by atoms with van der Waals surface area (Å²) in [5, 5.41) is 48.6. The topological polar surface area (TPSA) is 299 Å². The molecule has 20 heteroatoms. The van der Waals surface area contributed by atoms with Crippen molar-refractivity contribution in [2.45, 2.75) is 61.3 Å². The second-order valence-corrected chi connectivity index (χ2v) is 8.82. The molecule has 0 spiro atoms. The molecule has 2 heterocycles. The molecule has 18 nitrogen and oxygen atoms in total. The van der Waals surface area contributed by atoms with Gasteiger partial charge in [0.1, 0.15) is 36.6 Å². The van der Waals surface area contributed by atoms with Crippen LogP contribution >= 0.6 is 0 Å². The van der Waals surface area contributed by atoms with Crippen LogP contribution in [0.2, 0.25) is 0 Å². The molecule has 0 saturated carbocycles. The number of ether oxygens (including phenoxy) is 3. The van der Waals surface area contributed by atoms with Crippen molar-refractivity contribution in [1.82, 2.24) is 0 Å². The van der Waals surface area contributed by atoms with E-state index in [1.807, 2.05) is 0 Å². The van der Waals surface area contributed by atoms with Crippen LogP contribution in [0.5, 0.6) is 0 Å². The third kappa shape index (κ3) is 6.71. The summed E-state index contributed by atoms with van der Waals surface area (Å²) >= 11 is 0. The van der Waals surface area contributed by atoms with E-state index in [2.05, 4.69) is 8.37 Å². The summed E-state index contributed by atoms with van der Waals surface area (Å²) in [6.45, 7) is -1.17. The number of hydrogen-bond donors (Lipinski definition) is 8. The summed E-state index contributed by atoms with van der Waals surface area (Å²) in [4.78, 5) is 11.2. The van der Waals surface area contributed by atoms with Gasteiger partial charge >= 0.3 is 26.8 Å². The molecule has 10 atom stereocenters. The van der Waals surface area contributed by atoms with Gasteiger partial charge < -0.3 is 45.5 Å². The molecule has 0 bridgehead atoms. The molecule has 0 aromatic rings. The summed E-state index contributed by atoms with van der Waals surface area (Å²) in [5.41, 5.74) is 5.58. The fourth-order valence-corrected chi connectivity index (χ4v) is 3.80. The van der Waals surface area contributed by atoms with Crippen LogP contribution in [0.4, 0.5) is 0 Å². The number of rotatable bonds is 8. The van der Waals surface area contributed by atoms with Gasteiger partial charge in [-0.05, 0) is 0 Å². The highest BCUT2D eigenvalue weighted by Crippen LogP contribution is 2.30. The van der Waals surface area contributed by atoms with Crippen molar-refractivity contribution in [2.75, 3.05) is 6.61 Å². The Morgan fingerprint density at radius 3 is 2.00 bits per heavy atom. The lowest BCUT2D eigenvalue weighted by atomic mass is 9.96. The fourth-order valence-electron chi connectivity index (χ4n) is 2.97. The Kier molecular flexibility index (Phi) is 8.50. The number of aliphatic hydroxyl groups is 4. The number of hydrogen-bond acceptors (Lipinski definition) is 15. The number of aliphatic hydroxyl groups excluding tert-OH is 4. The van der Waals surface area contributed by atoms with Gasteiger partial charge in [0.2, 0.25) is 0 Å². The van der Waals surface area contributed by atoms with Crippen LogP contribution in [0.25, 0.3) is 0 Å². The highest BCUT2D eigenvalue weighted by molar-refractivity contribution is 7.81. The molecule has 2 rings (SSSR count). The van der Waals surface area contributed by atoms with Gasteiger partial charge in [-0.1, -0.05) is 0 Å². The molecule has 2 fully saturated rings. The summed E-state index contributed by atoms with van der Waals surface area (Å²) in [5.74, 6) is -1.79. The molecule has 0 aromatic heterocycles. The molecule has 188 valence electrons. The monoisotopic (exact) mass is 515 g/mol. The van der Waals surface area contributed by atoms with E-state index in [0.717, 1.165) is 0 Å². The zero-order valence-electron chi connectivity index (χ0n) is 15.6. The van der Waals surface area contributed by atoms with Crippen LogP contribution in [-0.4, -0.2) is 125 Å². The third-order valence-corrected chi connectivity index (χ3v) is 5.33. The normalized spacial score (nSPS) is 41.3. The minimum absolute atomic E-state index is 1.17. The zero-order valence-corrected chi connectivity index (χ0v) is 17.2. The molecule has 2 saturated heterocycles. The van der Waals surface area contributed by atoms with Gasteiger partial charge in [0.15, 0.2) is 18.7 Å². The maximum Gasteiger partial charge on any atom is 0.397 e. The lowest BCUT2D eigenvalue weighted by Gasteiger charge is -2.45. The number of aliphatic carboxylic acids is 1. The minimum atomic E-state index is -5.30. The summed E-state index contributed by atoms with van der Waals surface area (Å²) < 4.78 is 85.4. The molecule has 32 heavy (non-hydrogen) atoms. The van der Waals surface area contributed by atoms with Gasteiger partial charge in [0.05, 0.1) is 12.6 Å². The average Bonchev–Trinajstić information content (AvgIpc) is 2.64. The predicted molar refractivity (Wildman–Crippen MR) is 92.0 cm³/mol. The Morgan fingerprint density at radius 1 is 0.906 bits per heavy atom. The lowest BCUT2D eigenvalue weighted by molar-refractivity contribution is -0.336. The number of carbonyl (C=O) groups is 1. The fraction of sp³-hybridized carbons (Fsp3) is 0.917. The van der Waals surface area contributed by atoms with E-state index in [4.69, 9.17) is 34.2 Å². The van der Waals surface area contributed by atoms with Gasteiger partial charge in [-0.3, -0.25) is 9.11 Å². The van der Waals surface area contributed by atoms with E-state index in [1.54, 1.807) is 0 Å². The Bertz CT molecular complexity index is 878. The summed E-state index contributed by atoms with van der Waals surface area (Å²) in [6, 6.07) is -1.81. The molecule has 2 aliphatic heterocycles. The first-order chi connectivity index (χ1) is 14.5. The highest BCUT2D eigenvalue weighted by atomic mass is 32.3. The molecule has 0 aromatic carbocycles. The van der Waals surface area contributed by atoms with E-state index in [1.165, 1.54) is 0 Å². The second-order valence-electron chi connectivity index (χ2n) is 6.68. The van der Waals surface area contributed by atoms with Crippen LogP contribution in [0.1, 0.15) is 0 Å². The van der Waals surface area contributed by atoms with Crippen LogP contribution < -0.4 is 5.73 Å². The van der Waals surface area contributed by atoms with Gasteiger partial charge in [0, 0.05) is 0 Å². The first-order valence-electron chi connectivity index (χ1n) is 8.46. The standard InChI is InChI=1S/C12H21NO17S2/c13-3-8(30-32(23,24)25)7(2(27-11(3)19)1-26-31(20,21)22)28-12-6(16)4(14)5(15)9(29-12)10(17)18/h2-9,11-12,14-16,19H,1,13H2,(H,17,18)(H,20,21,22)(H,23,24,25)/t2-,3-,4+,5+,6-,7-,8-,9-,11+,12-/m1/s1. The maximum atomic E-state index is 11.2. The van der Waals surface area contributed by atoms with Crippen molar-refractivity contribution in [2.24, 2.45) is 5.73 Å². The van der Waals surface area contributed by atoms with Crippen LogP contribution in [0, 0.1) is 0 Å². The van der Waals surface area contributed by atoms with Crippen molar-refractivity contribution in [1.29, 1.82) is 0 Å². The van der Waals surface area contributed by atoms with Crippen LogP contribution in [0.15, 0.2) is 0 Å². The summed E-state index contributed by atoms with van der Waals surface area (Å²) in [7, 11) is -10.4. The van der Waals surface area contributed by atoms with Crippen molar-refractivity contribution < 1.29 is 78.8 Å². The van der Waals surface area contributed by atoms with Gasteiger partial charge in [0.25, 0.3) is 0 Å². The van der Waals surface area contributed by atoms with Gasteiger partial charge in [-0.25, -0.2) is 13.2 Å². The molecule has 0 radical (unpaired) electrons. The Morgan fingerprint density at radius 2 is 1.50 bits per heavy atom. The molecule has 2 aliphatic rings. The molecular weight excluding hydrogens is 494 g/mol. The third-order valence-electron chi connectivity index (χ3n) is 4.43. The lowest BCUT2D eigenvalue weighted by Crippen LogP contribution is -2.67. The SMILES string of the molecule is N[C@@H]1[C@@H](OS(=O)(=O)O)[C@H](O[C@@H]2O[C@@H](C(=O)O)[C@@H](O)[C@H](O)[C@H]2O)[C@@H](COS(=O)(=O)O)O[C@@H]1O. The molecular formula is C12H21NO17S2. The smallest absolute Gasteiger partial charge is 0.397 e. The van der Waals surface area contributed by atoms with E-state index in [0.29, 0.717) is 0 Å². The Hall–Kier alpha value is -1.11. The largest absolute Gasteiger partial charge is 0.479 e. The second kappa shape index (κ2) is 10.0. The molecule has 0 aliphatic carbocycles. The predicted octanol–water partition coefficient (Wildman–Crippen LogP) is -5.68.